The monoisotopic (exact) mass is 355 g/mol. The lowest BCUT2D eigenvalue weighted by atomic mass is 10.1. The molecule has 4 nitrogen and oxygen atoms in total. The van der Waals surface area contributed by atoms with Gasteiger partial charge in [0.2, 0.25) is 0 Å². The molecule has 0 aliphatic heterocycles. The average Bonchev–Trinajstić information content (AvgIpc) is 3.03. The van der Waals surface area contributed by atoms with Gasteiger partial charge in [-0.2, -0.15) is 5.10 Å². The molecule has 0 saturated carbocycles. The molecule has 2 N–H and O–H groups in total. The number of aromatic amines is 1. The minimum absolute atomic E-state index is 0.146. The summed E-state index contributed by atoms with van der Waals surface area (Å²) in [5, 5.41) is 9.81. The van der Waals surface area contributed by atoms with Crippen molar-refractivity contribution in [1.29, 1.82) is 0 Å². The second-order valence-corrected chi connectivity index (χ2v) is 5.75. The summed E-state index contributed by atoms with van der Waals surface area (Å²) in [6.07, 6.45) is 1.55. The van der Waals surface area contributed by atoms with E-state index in [0.717, 1.165) is 21.3 Å². The molecular formula is C17H14BrN3O. The van der Waals surface area contributed by atoms with Gasteiger partial charge in [0.05, 0.1) is 17.5 Å². The smallest absolute Gasteiger partial charge is 0.255 e. The number of rotatable bonds is 4. The molecular weight excluding hydrogens is 342 g/mol. The summed E-state index contributed by atoms with van der Waals surface area (Å²) < 4.78 is 0.993. The Balaban J connectivity index is 1.75. The highest BCUT2D eigenvalue weighted by molar-refractivity contribution is 9.10. The maximum atomic E-state index is 12.4. The zero-order valence-electron chi connectivity index (χ0n) is 11.7. The minimum Gasteiger partial charge on any atom is -0.348 e. The maximum absolute atomic E-state index is 12.4. The van der Waals surface area contributed by atoms with Crippen LogP contribution in [0.15, 0.2) is 65.3 Å². The van der Waals surface area contributed by atoms with Crippen molar-refractivity contribution in [3.8, 4) is 11.3 Å². The van der Waals surface area contributed by atoms with Gasteiger partial charge in [-0.1, -0.05) is 58.4 Å². The lowest BCUT2D eigenvalue weighted by Crippen LogP contribution is -2.22. The molecule has 1 amide bonds. The molecule has 5 heteroatoms. The van der Waals surface area contributed by atoms with Crippen LogP contribution in [0.1, 0.15) is 15.9 Å². The normalized spacial score (nSPS) is 10.4. The van der Waals surface area contributed by atoms with E-state index in [0.29, 0.717) is 12.1 Å². The van der Waals surface area contributed by atoms with Crippen LogP contribution in [0.2, 0.25) is 0 Å². The summed E-state index contributed by atoms with van der Waals surface area (Å²) in [5.41, 5.74) is 3.24. The number of amides is 1. The molecule has 22 heavy (non-hydrogen) atoms. The minimum atomic E-state index is -0.146. The fourth-order valence-electron chi connectivity index (χ4n) is 2.21. The molecule has 0 bridgehead atoms. The molecule has 1 aromatic heterocycles. The number of carbonyl (C=O) groups is 1. The van der Waals surface area contributed by atoms with Crippen molar-refractivity contribution in [2.45, 2.75) is 6.54 Å². The molecule has 0 saturated heterocycles. The van der Waals surface area contributed by atoms with E-state index >= 15 is 0 Å². The van der Waals surface area contributed by atoms with Gasteiger partial charge in [-0.3, -0.25) is 9.89 Å². The van der Waals surface area contributed by atoms with E-state index in [1.54, 1.807) is 6.20 Å². The van der Waals surface area contributed by atoms with Crippen LogP contribution in [0.4, 0.5) is 0 Å². The Morgan fingerprint density at radius 1 is 1.14 bits per heavy atom. The molecule has 0 spiro atoms. The zero-order valence-corrected chi connectivity index (χ0v) is 13.3. The second kappa shape index (κ2) is 6.58. The van der Waals surface area contributed by atoms with E-state index in [1.165, 1.54) is 0 Å². The van der Waals surface area contributed by atoms with Crippen molar-refractivity contribution in [2.24, 2.45) is 0 Å². The summed E-state index contributed by atoms with van der Waals surface area (Å²) in [5.74, 6) is -0.146. The van der Waals surface area contributed by atoms with E-state index in [4.69, 9.17) is 0 Å². The molecule has 0 aliphatic rings. The number of aromatic nitrogens is 2. The van der Waals surface area contributed by atoms with Crippen LogP contribution >= 0.6 is 15.9 Å². The summed E-state index contributed by atoms with van der Waals surface area (Å²) in [7, 11) is 0. The standard InChI is InChI=1S/C17H14BrN3O/c18-14-8-4-5-12(9-14)10-19-17(22)15-11-20-21-16(15)13-6-2-1-3-7-13/h1-9,11H,10H2,(H,19,22)(H,20,21). The molecule has 0 unspecified atom stereocenters. The number of nitrogens with one attached hydrogen (secondary N) is 2. The fourth-order valence-corrected chi connectivity index (χ4v) is 2.65. The fraction of sp³-hybridized carbons (Fsp3) is 0.0588. The van der Waals surface area contributed by atoms with Gasteiger partial charge in [0.1, 0.15) is 0 Å². The third kappa shape index (κ3) is 3.26. The van der Waals surface area contributed by atoms with Gasteiger partial charge in [0.15, 0.2) is 0 Å². The maximum Gasteiger partial charge on any atom is 0.255 e. The van der Waals surface area contributed by atoms with Crippen molar-refractivity contribution in [1.82, 2.24) is 15.5 Å². The predicted molar refractivity (Wildman–Crippen MR) is 89.3 cm³/mol. The molecule has 0 aliphatic carbocycles. The Morgan fingerprint density at radius 3 is 2.73 bits per heavy atom. The van der Waals surface area contributed by atoms with E-state index in [-0.39, 0.29) is 5.91 Å². The van der Waals surface area contributed by atoms with Crippen LogP contribution in [-0.2, 0) is 6.54 Å². The molecule has 110 valence electrons. The first-order valence-corrected chi connectivity index (χ1v) is 7.65. The third-order valence-corrected chi connectivity index (χ3v) is 3.78. The predicted octanol–water partition coefficient (Wildman–Crippen LogP) is 3.77. The highest BCUT2D eigenvalue weighted by atomic mass is 79.9. The van der Waals surface area contributed by atoms with Crippen molar-refractivity contribution in [3.05, 3.63) is 76.4 Å². The van der Waals surface area contributed by atoms with E-state index in [9.17, 15) is 4.79 Å². The number of benzene rings is 2. The van der Waals surface area contributed by atoms with Crippen LogP contribution in [0.3, 0.4) is 0 Å². The van der Waals surface area contributed by atoms with Crippen LogP contribution in [0.25, 0.3) is 11.3 Å². The Morgan fingerprint density at radius 2 is 1.95 bits per heavy atom. The summed E-state index contributed by atoms with van der Waals surface area (Å²) >= 11 is 3.42. The van der Waals surface area contributed by atoms with Gasteiger partial charge < -0.3 is 5.32 Å². The number of halogens is 1. The molecule has 3 rings (SSSR count). The van der Waals surface area contributed by atoms with Gasteiger partial charge in [0.25, 0.3) is 5.91 Å². The molecule has 3 aromatic rings. The SMILES string of the molecule is O=C(NCc1cccc(Br)c1)c1cn[nH]c1-c1ccccc1. The Hall–Kier alpha value is -2.40. The highest BCUT2D eigenvalue weighted by Gasteiger charge is 2.14. The Bertz CT molecular complexity index is 783. The largest absolute Gasteiger partial charge is 0.348 e. The van der Waals surface area contributed by atoms with E-state index in [1.807, 2.05) is 54.6 Å². The number of carbonyl (C=O) groups excluding carboxylic acids is 1. The molecule has 1 heterocycles. The van der Waals surface area contributed by atoms with Crippen molar-refractivity contribution in [2.75, 3.05) is 0 Å². The van der Waals surface area contributed by atoms with Crippen LogP contribution in [-0.4, -0.2) is 16.1 Å². The Labute approximate surface area is 136 Å². The van der Waals surface area contributed by atoms with Crippen LogP contribution < -0.4 is 5.32 Å². The van der Waals surface area contributed by atoms with Gasteiger partial charge in [-0.05, 0) is 17.7 Å². The van der Waals surface area contributed by atoms with Crippen molar-refractivity contribution >= 4 is 21.8 Å². The first-order valence-electron chi connectivity index (χ1n) is 6.85. The van der Waals surface area contributed by atoms with Gasteiger partial charge in [-0.25, -0.2) is 0 Å². The quantitative estimate of drug-likeness (QED) is 0.748. The number of nitrogens with zero attached hydrogens (tertiary/aromatic N) is 1. The molecule has 0 fully saturated rings. The van der Waals surface area contributed by atoms with Crippen molar-refractivity contribution in [3.63, 3.8) is 0 Å². The lowest BCUT2D eigenvalue weighted by Gasteiger charge is -2.06. The summed E-state index contributed by atoms with van der Waals surface area (Å²) in [4.78, 5) is 12.4. The molecule has 0 atom stereocenters. The Kier molecular flexibility index (Phi) is 4.34. The highest BCUT2D eigenvalue weighted by Crippen LogP contribution is 2.20. The second-order valence-electron chi connectivity index (χ2n) is 4.84. The molecule has 0 radical (unpaired) electrons. The van der Waals surface area contributed by atoms with Gasteiger partial charge >= 0.3 is 0 Å². The van der Waals surface area contributed by atoms with Crippen LogP contribution in [0.5, 0.6) is 0 Å². The summed E-state index contributed by atoms with van der Waals surface area (Å²) in [6.45, 7) is 0.470. The number of hydrogen-bond donors (Lipinski definition) is 2. The van der Waals surface area contributed by atoms with Gasteiger partial charge in [0, 0.05) is 16.6 Å². The first kappa shape index (κ1) is 14.5. The van der Waals surface area contributed by atoms with E-state index < -0.39 is 0 Å². The number of hydrogen-bond acceptors (Lipinski definition) is 2. The zero-order chi connectivity index (χ0) is 15.4. The van der Waals surface area contributed by atoms with Crippen molar-refractivity contribution < 1.29 is 4.79 Å². The number of H-pyrrole nitrogens is 1. The lowest BCUT2D eigenvalue weighted by molar-refractivity contribution is 0.0951. The topological polar surface area (TPSA) is 57.8 Å². The third-order valence-electron chi connectivity index (χ3n) is 3.29. The van der Waals surface area contributed by atoms with Crippen LogP contribution in [0, 0.1) is 0 Å². The van der Waals surface area contributed by atoms with E-state index in [2.05, 4.69) is 31.4 Å². The first-order chi connectivity index (χ1) is 10.7. The molecule has 2 aromatic carbocycles. The summed E-state index contributed by atoms with van der Waals surface area (Å²) in [6, 6.07) is 17.5. The average molecular weight is 356 g/mol. The van der Waals surface area contributed by atoms with Gasteiger partial charge in [-0.15, -0.1) is 0 Å².